The molecule has 0 atom stereocenters. The van der Waals surface area contributed by atoms with Crippen molar-refractivity contribution in [3.63, 3.8) is 0 Å². The summed E-state index contributed by atoms with van der Waals surface area (Å²) in [6.07, 6.45) is 2.94. The topological polar surface area (TPSA) is 98.3 Å². The van der Waals surface area contributed by atoms with Crippen molar-refractivity contribution in [1.29, 1.82) is 0 Å². The Hall–Kier alpha value is -2.63. The molecule has 1 aromatic heterocycles. The monoisotopic (exact) mass is 273 g/mol. The molecule has 20 heavy (non-hydrogen) atoms. The first-order valence-corrected chi connectivity index (χ1v) is 6.19. The summed E-state index contributed by atoms with van der Waals surface area (Å²) in [4.78, 5) is 18.4. The van der Waals surface area contributed by atoms with Crippen LogP contribution in [0.15, 0.2) is 36.5 Å². The second-order valence-corrected chi connectivity index (χ2v) is 4.18. The van der Waals surface area contributed by atoms with Gasteiger partial charge in [0.1, 0.15) is 0 Å². The Bertz CT molecular complexity index is 587. The van der Waals surface area contributed by atoms with Crippen LogP contribution in [0.25, 0.3) is 0 Å². The Morgan fingerprint density at radius 3 is 2.75 bits per heavy atom. The summed E-state index contributed by atoms with van der Waals surface area (Å²) in [5.74, 6) is -1.16. The molecule has 0 spiro atoms. The molecule has 3 N–H and O–H groups in total. The number of rotatable bonds is 6. The Kier molecular flexibility index (Phi) is 4.49. The minimum absolute atomic E-state index is 0.171. The molecule has 2 aromatic rings. The molecule has 0 aliphatic rings. The minimum atomic E-state index is -0.843. The molecule has 0 bridgehead atoms. The number of amides is 1. The zero-order chi connectivity index (χ0) is 14.4. The van der Waals surface area contributed by atoms with Gasteiger partial charge in [-0.1, -0.05) is 30.3 Å². The third-order valence-electron chi connectivity index (χ3n) is 2.67. The van der Waals surface area contributed by atoms with Gasteiger partial charge in [0.25, 0.3) is 5.91 Å². The molecule has 0 radical (unpaired) electrons. The van der Waals surface area contributed by atoms with Crippen molar-refractivity contribution < 1.29 is 14.6 Å². The van der Waals surface area contributed by atoms with Gasteiger partial charge in [0.2, 0.25) is 11.8 Å². The van der Waals surface area contributed by atoms with Crippen LogP contribution in [0, 0.1) is 0 Å². The van der Waals surface area contributed by atoms with E-state index in [1.165, 1.54) is 11.8 Å². The van der Waals surface area contributed by atoms with E-state index in [9.17, 15) is 9.90 Å². The van der Waals surface area contributed by atoms with Crippen LogP contribution in [0.4, 0.5) is 0 Å². The number of hydrogen-bond donors (Lipinski definition) is 2. The number of aromatic hydroxyl groups is 1. The smallest absolute Gasteiger partial charge is 0.273 e. The lowest BCUT2D eigenvalue weighted by Gasteiger charge is -2.06. The van der Waals surface area contributed by atoms with Crippen molar-refractivity contribution in [3.05, 3.63) is 47.8 Å². The number of primary amides is 1. The molecule has 0 aliphatic heterocycles. The third kappa shape index (κ3) is 3.68. The van der Waals surface area contributed by atoms with E-state index in [0.717, 1.165) is 12.8 Å². The highest BCUT2D eigenvalue weighted by Crippen LogP contribution is 2.14. The van der Waals surface area contributed by atoms with E-state index >= 15 is 0 Å². The molecule has 0 saturated carbocycles. The van der Waals surface area contributed by atoms with E-state index in [2.05, 4.69) is 9.97 Å². The third-order valence-corrected chi connectivity index (χ3v) is 2.67. The Labute approximate surface area is 116 Å². The average molecular weight is 273 g/mol. The molecule has 6 heteroatoms. The molecule has 104 valence electrons. The Morgan fingerprint density at radius 1 is 1.30 bits per heavy atom. The average Bonchev–Trinajstić information content (AvgIpc) is 2.46. The number of nitrogens with two attached hydrogens (primary N) is 1. The molecular weight excluding hydrogens is 258 g/mol. The van der Waals surface area contributed by atoms with Crippen molar-refractivity contribution in [2.24, 2.45) is 5.73 Å². The lowest BCUT2D eigenvalue weighted by Crippen LogP contribution is -2.14. The van der Waals surface area contributed by atoms with Crippen molar-refractivity contribution in [3.8, 4) is 11.8 Å². The van der Waals surface area contributed by atoms with Gasteiger partial charge >= 0.3 is 0 Å². The fraction of sp³-hybridized carbons (Fsp3) is 0.214. The summed E-state index contributed by atoms with van der Waals surface area (Å²) >= 11 is 0. The van der Waals surface area contributed by atoms with Crippen LogP contribution in [0.2, 0.25) is 0 Å². The number of benzene rings is 1. The number of carbonyl (C=O) groups excluding carboxylic acids is 1. The summed E-state index contributed by atoms with van der Waals surface area (Å²) in [6.45, 7) is 0.437. The van der Waals surface area contributed by atoms with Crippen LogP contribution in [0.5, 0.6) is 11.8 Å². The van der Waals surface area contributed by atoms with E-state index in [0.29, 0.717) is 6.61 Å². The minimum Gasteiger partial charge on any atom is -0.492 e. The molecule has 0 aliphatic carbocycles. The van der Waals surface area contributed by atoms with Gasteiger partial charge in [-0.15, -0.1) is 0 Å². The zero-order valence-electron chi connectivity index (χ0n) is 10.8. The lowest BCUT2D eigenvalue weighted by atomic mass is 10.1. The van der Waals surface area contributed by atoms with Gasteiger partial charge in [-0.2, -0.15) is 0 Å². The predicted octanol–water partition coefficient (Wildman–Crippen LogP) is 1.29. The van der Waals surface area contributed by atoms with Crippen molar-refractivity contribution >= 4 is 5.91 Å². The van der Waals surface area contributed by atoms with Gasteiger partial charge in [-0.25, -0.2) is 9.97 Å². The normalized spacial score (nSPS) is 10.2. The number of aryl methyl sites for hydroxylation is 1. The molecule has 0 unspecified atom stereocenters. The zero-order valence-corrected chi connectivity index (χ0v) is 10.8. The maximum atomic E-state index is 11.0. The van der Waals surface area contributed by atoms with Gasteiger partial charge in [0.15, 0.2) is 5.69 Å². The van der Waals surface area contributed by atoms with Crippen molar-refractivity contribution in [1.82, 2.24) is 9.97 Å². The molecule has 0 saturated heterocycles. The molecule has 1 heterocycles. The molecule has 1 aromatic carbocycles. The summed E-state index contributed by atoms with van der Waals surface area (Å²) in [5, 5.41) is 9.30. The first-order chi connectivity index (χ1) is 9.66. The fourth-order valence-corrected chi connectivity index (χ4v) is 1.70. The highest BCUT2D eigenvalue weighted by molar-refractivity contribution is 5.92. The van der Waals surface area contributed by atoms with Crippen LogP contribution >= 0.6 is 0 Å². The summed E-state index contributed by atoms with van der Waals surface area (Å²) in [5.41, 5.74) is 6.00. The second kappa shape index (κ2) is 6.51. The van der Waals surface area contributed by atoms with Gasteiger partial charge in [-0.3, -0.25) is 4.79 Å². The molecule has 1 amide bonds. The fourth-order valence-electron chi connectivity index (χ4n) is 1.70. The van der Waals surface area contributed by atoms with Gasteiger partial charge in [0.05, 0.1) is 12.8 Å². The quantitative estimate of drug-likeness (QED) is 0.773. The lowest BCUT2D eigenvalue weighted by molar-refractivity contribution is 0.0990. The maximum Gasteiger partial charge on any atom is 0.273 e. The van der Waals surface area contributed by atoms with Gasteiger partial charge < -0.3 is 15.6 Å². The first kappa shape index (κ1) is 13.8. The predicted molar refractivity (Wildman–Crippen MR) is 72.5 cm³/mol. The highest BCUT2D eigenvalue weighted by Gasteiger charge is 2.12. The number of carbonyl (C=O) groups is 1. The van der Waals surface area contributed by atoms with Crippen molar-refractivity contribution in [2.75, 3.05) is 6.61 Å². The summed E-state index contributed by atoms with van der Waals surface area (Å²) < 4.78 is 5.38. The van der Waals surface area contributed by atoms with E-state index in [1.807, 2.05) is 30.3 Å². The number of aromatic nitrogens is 2. The molecule has 6 nitrogen and oxygen atoms in total. The van der Waals surface area contributed by atoms with Crippen LogP contribution < -0.4 is 10.5 Å². The SMILES string of the molecule is NC(=O)c1nc(OCCCc2ccccc2)cnc1O. The van der Waals surface area contributed by atoms with E-state index in [1.54, 1.807) is 0 Å². The van der Waals surface area contributed by atoms with Crippen LogP contribution in [0.1, 0.15) is 22.5 Å². The van der Waals surface area contributed by atoms with E-state index in [4.69, 9.17) is 10.5 Å². The van der Waals surface area contributed by atoms with Crippen LogP contribution in [-0.2, 0) is 6.42 Å². The number of hydrogen-bond acceptors (Lipinski definition) is 5. The van der Waals surface area contributed by atoms with E-state index < -0.39 is 11.8 Å². The van der Waals surface area contributed by atoms with Gasteiger partial charge in [-0.05, 0) is 18.4 Å². The second-order valence-electron chi connectivity index (χ2n) is 4.18. The molecule has 2 rings (SSSR count). The van der Waals surface area contributed by atoms with Gasteiger partial charge in [0, 0.05) is 0 Å². The van der Waals surface area contributed by atoms with Crippen LogP contribution in [-0.4, -0.2) is 27.6 Å². The van der Waals surface area contributed by atoms with Crippen molar-refractivity contribution in [2.45, 2.75) is 12.8 Å². The largest absolute Gasteiger partial charge is 0.492 e. The Morgan fingerprint density at radius 2 is 2.05 bits per heavy atom. The van der Waals surface area contributed by atoms with E-state index in [-0.39, 0.29) is 11.6 Å². The standard InChI is InChI=1S/C14H15N3O3/c15-13(18)12-14(19)16-9-11(17-12)20-8-4-7-10-5-2-1-3-6-10/h1-3,5-6,9H,4,7-8H2,(H2,15,18)(H,16,19). The maximum absolute atomic E-state index is 11.0. The molecular formula is C14H15N3O3. The number of ether oxygens (including phenoxy) is 1. The summed E-state index contributed by atoms with van der Waals surface area (Å²) in [6, 6.07) is 10.0. The Balaban J connectivity index is 1.85. The van der Waals surface area contributed by atoms with Crippen LogP contribution in [0.3, 0.4) is 0 Å². The number of nitrogens with zero attached hydrogens (tertiary/aromatic N) is 2. The first-order valence-electron chi connectivity index (χ1n) is 6.19. The molecule has 0 fully saturated rings. The highest BCUT2D eigenvalue weighted by atomic mass is 16.5. The summed E-state index contributed by atoms with van der Waals surface area (Å²) in [7, 11) is 0.